The van der Waals surface area contributed by atoms with Gasteiger partial charge < -0.3 is 14.9 Å². The van der Waals surface area contributed by atoms with Gasteiger partial charge in [0.15, 0.2) is 0 Å². The van der Waals surface area contributed by atoms with Crippen molar-refractivity contribution in [2.45, 2.75) is 50.2 Å². The first-order chi connectivity index (χ1) is 7.17. The Bertz CT molecular complexity index is 295. The molecule has 0 aliphatic carbocycles. The van der Waals surface area contributed by atoms with Gasteiger partial charge in [0.1, 0.15) is 5.60 Å². The monoisotopic (exact) mass is 238 g/mol. The SMILES string of the molecule is CCC1(C)CC(O)(C(F)(F)C(=O)O)CCO1. The van der Waals surface area contributed by atoms with Crippen molar-refractivity contribution in [1.82, 2.24) is 0 Å². The molecule has 1 heterocycles. The van der Waals surface area contributed by atoms with Gasteiger partial charge in [0, 0.05) is 12.8 Å². The van der Waals surface area contributed by atoms with Gasteiger partial charge >= 0.3 is 11.9 Å². The minimum absolute atomic E-state index is 0.0658. The van der Waals surface area contributed by atoms with Gasteiger partial charge in [-0.15, -0.1) is 0 Å². The summed E-state index contributed by atoms with van der Waals surface area (Å²) in [5.41, 5.74) is -3.42. The highest BCUT2D eigenvalue weighted by Gasteiger charge is 2.62. The molecular formula is C10H16F2O4. The quantitative estimate of drug-likeness (QED) is 0.780. The number of halogens is 2. The fraction of sp³-hybridized carbons (Fsp3) is 0.900. The highest BCUT2D eigenvalue weighted by atomic mass is 19.3. The predicted octanol–water partition coefficient (Wildman–Crippen LogP) is 1.42. The van der Waals surface area contributed by atoms with Crippen LogP contribution in [-0.4, -0.2) is 39.9 Å². The Morgan fingerprint density at radius 2 is 2.12 bits per heavy atom. The number of carboxylic acid groups (broad SMARTS) is 1. The van der Waals surface area contributed by atoms with Crippen molar-refractivity contribution in [3.05, 3.63) is 0 Å². The van der Waals surface area contributed by atoms with E-state index in [0.29, 0.717) is 6.42 Å². The number of hydrogen-bond donors (Lipinski definition) is 2. The van der Waals surface area contributed by atoms with E-state index in [1.54, 1.807) is 13.8 Å². The Morgan fingerprint density at radius 1 is 1.56 bits per heavy atom. The molecule has 2 unspecified atom stereocenters. The summed E-state index contributed by atoms with van der Waals surface area (Å²) < 4.78 is 32.1. The maximum absolute atomic E-state index is 13.4. The van der Waals surface area contributed by atoms with Gasteiger partial charge in [-0.3, -0.25) is 0 Å². The molecule has 1 rings (SSSR count). The van der Waals surface area contributed by atoms with E-state index in [0.717, 1.165) is 0 Å². The standard InChI is InChI=1S/C10H16F2O4/c1-3-8(2)6-9(15,4-5-16-8)10(11,12)7(13)14/h15H,3-6H2,1-2H3,(H,13,14). The molecule has 1 fully saturated rings. The lowest BCUT2D eigenvalue weighted by Crippen LogP contribution is -2.60. The minimum atomic E-state index is -4.15. The zero-order valence-electron chi connectivity index (χ0n) is 9.30. The summed E-state index contributed by atoms with van der Waals surface area (Å²) in [6.07, 6.45) is -0.317. The van der Waals surface area contributed by atoms with Gasteiger partial charge in [0.2, 0.25) is 0 Å². The van der Waals surface area contributed by atoms with Crippen molar-refractivity contribution in [2.24, 2.45) is 0 Å². The zero-order valence-corrected chi connectivity index (χ0v) is 9.30. The molecule has 16 heavy (non-hydrogen) atoms. The fourth-order valence-electron chi connectivity index (χ4n) is 1.92. The molecule has 0 aromatic carbocycles. The number of hydrogen-bond acceptors (Lipinski definition) is 3. The third-order valence-electron chi connectivity index (χ3n) is 3.23. The van der Waals surface area contributed by atoms with Gasteiger partial charge in [-0.1, -0.05) is 6.92 Å². The van der Waals surface area contributed by atoms with Gasteiger partial charge in [0.05, 0.1) is 12.2 Å². The molecule has 4 nitrogen and oxygen atoms in total. The molecule has 1 aliphatic heterocycles. The van der Waals surface area contributed by atoms with Crippen molar-refractivity contribution < 1.29 is 28.5 Å². The zero-order chi connectivity index (χ0) is 12.6. The molecule has 0 amide bonds. The molecule has 0 radical (unpaired) electrons. The van der Waals surface area contributed by atoms with Gasteiger partial charge in [-0.25, -0.2) is 4.79 Å². The van der Waals surface area contributed by atoms with Crippen LogP contribution < -0.4 is 0 Å². The summed E-state index contributed by atoms with van der Waals surface area (Å²) in [5, 5.41) is 18.3. The highest BCUT2D eigenvalue weighted by Crippen LogP contribution is 2.43. The van der Waals surface area contributed by atoms with E-state index in [9.17, 15) is 18.7 Å². The first kappa shape index (κ1) is 13.3. The van der Waals surface area contributed by atoms with Crippen LogP contribution >= 0.6 is 0 Å². The van der Waals surface area contributed by atoms with Crippen molar-refractivity contribution in [3.8, 4) is 0 Å². The Morgan fingerprint density at radius 3 is 2.56 bits per heavy atom. The van der Waals surface area contributed by atoms with Crippen LogP contribution in [0.15, 0.2) is 0 Å². The summed E-state index contributed by atoms with van der Waals surface area (Å²) in [6, 6.07) is 0. The fourth-order valence-corrected chi connectivity index (χ4v) is 1.92. The molecular weight excluding hydrogens is 222 g/mol. The third-order valence-corrected chi connectivity index (χ3v) is 3.23. The van der Waals surface area contributed by atoms with E-state index in [1.807, 2.05) is 0 Å². The van der Waals surface area contributed by atoms with Crippen LogP contribution in [0.2, 0.25) is 0 Å². The maximum Gasteiger partial charge on any atom is 0.377 e. The normalized spacial score (nSPS) is 36.1. The van der Waals surface area contributed by atoms with Crippen LogP contribution in [-0.2, 0) is 9.53 Å². The van der Waals surface area contributed by atoms with Crippen molar-refractivity contribution in [2.75, 3.05) is 6.61 Å². The number of rotatable bonds is 3. The Kier molecular flexibility index (Phi) is 3.27. The van der Waals surface area contributed by atoms with E-state index >= 15 is 0 Å². The number of carbonyl (C=O) groups is 1. The Hall–Kier alpha value is -0.750. The van der Waals surface area contributed by atoms with Gasteiger partial charge in [-0.2, -0.15) is 8.78 Å². The van der Waals surface area contributed by atoms with Gasteiger partial charge in [-0.05, 0) is 13.3 Å². The average Bonchev–Trinajstić information content (AvgIpc) is 2.17. The second-order valence-corrected chi connectivity index (χ2v) is 4.49. The smallest absolute Gasteiger partial charge is 0.377 e. The number of aliphatic hydroxyl groups is 1. The maximum atomic E-state index is 13.4. The van der Waals surface area contributed by atoms with Crippen LogP contribution in [0.5, 0.6) is 0 Å². The lowest BCUT2D eigenvalue weighted by atomic mass is 9.78. The van der Waals surface area contributed by atoms with E-state index in [2.05, 4.69) is 0 Å². The van der Waals surface area contributed by atoms with Gasteiger partial charge in [0.25, 0.3) is 0 Å². The minimum Gasteiger partial charge on any atom is -0.477 e. The summed E-state index contributed by atoms with van der Waals surface area (Å²) in [4.78, 5) is 10.5. The lowest BCUT2D eigenvalue weighted by Gasteiger charge is -2.44. The predicted molar refractivity (Wildman–Crippen MR) is 51.4 cm³/mol. The van der Waals surface area contributed by atoms with Crippen molar-refractivity contribution >= 4 is 5.97 Å². The summed E-state index contributed by atoms with van der Waals surface area (Å²) in [6.45, 7) is 3.27. The average molecular weight is 238 g/mol. The van der Waals surface area contributed by atoms with E-state index in [1.165, 1.54) is 0 Å². The van der Waals surface area contributed by atoms with Crippen LogP contribution in [0.1, 0.15) is 33.1 Å². The van der Waals surface area contributed by atoms with E-state index in [4.69, 9.17) is 9.84 Å². The Labute approximate surface area is 92.2 Å². The lowest BCUT2D eigenvalue weighted by molar-refractivity contribution is -0.249. The first-order valence-corrected chi connectivity index (χ1v) is 5.14. The molecule has 1 saturated heterocycles. The molecule has 2 atom stereocenters. The second-order valence-electron chi connectivity index (χ2n) is 4.49. The van der Waals surface area contributed by atoms with E-state index < -0.39 is 23.1 Å². The highest BCUT2D eigenvalue weighted by molar-refractivity contribution is 5.77. The molecule has 6 heteroatoms. The molecule has 0 saturated carbocycles. The summed E-state index contributed by atoms with van der Waals surface area (Å²) >= 11 is 0. The third kappa shape index (κ3) is 2.04. The molecule has 0 aromatic rings. The van der Waals surface area contributed by atoms with Crippen molar-refractivity contribution in [3.63, 3.8) is 0 Å². The number of ether oxygens (including phenoxy) is 1. The Balaban J connectivity index is 2.97. The van der Waals surface area contributed by atoms with E-state index in [-0.39, 0.29) is 19.4 Å². The van der Waals surface area contributed by atoms with Crippen molar-refractivity contribution in [1.29, 1.82) is 0 Å². The molecule has 0 bridgehead atoms. The van der Waals surface area contributed by atoms with Crippen LogP contribution in [0, 0.1) is 0 Å². The molecule has 94 valence electrons. The number of carboxylic acids is 1. The molecule has 1 aliphatic rings. The van der Waals surface area contributed by atoms with Crippen LogP contribution in [0.25, 0.3) is 0 Å². The van der Waals surface area contributed by atoms with Crippen LogP contribution in [0.3, 0.4) is 0 Å². The molecule has 2 N–H and O–H groups in total. The summed E-state index contributed by atoms with van der Waals surface area (Å²) in [5.74, 6) is -6.44. The summed E-state index contributed by atoms with van der Waals surface area (Å²) in [7, 11) is 0. The molecule has 0 spiro atoms. The molecule has 0 aromatic heterocycles. The van der Waals surface area contributed by atoms with Crippen LogP contribution in [0.4, 0.5) is 8.78 Å². The topological polar surface area (TPSA) is 66.8 Å². The number of aliphatic carboxylic acids is 1. The number of alkyl halides is 2. The largest absolute Gasteiger partial charge is 0.477 e. The second kappa shape index (κ2) is 3.92. The first-order valence-electron chi connectivity index (χ1n) is 5.14.